The molecule has 0 amide bonds. The van der Waals surface area contributed by atoms with Gasteiger partial charge in [0.05, 0.1) is 17.6 Å². The van der Waals surface area contributed by atoms with Gasteiger partial charge in [-0.25, -0.2) is 0 Å². The summed E-state index contributed by atoms with van der Waals surface area (Å²) < 4.78 is 1.38. The molecule has 0 spiro atoms. The molecule has 0 saturated carbocycles. The molecule has 0 aliphatic rings. The zero-order chi connectivity index (χ0) is 14.3. The fourth-order valence-electron chi connectivity index (χ4n) is 1.52. The van der Waals surface area contributed by atoms with Crippen LogP contribution in [0.15, 0.2) is 12.4 Å². The van der Waals surface area contributed by atoms with Crippen LogP contribution in [0.2, 0.25) is 0 Å². The number of nitrogens with zero attached hydrogens (tertiary/aromatic N) is 3. The molecule has 1 heterocycles. The van der Waals surface area contributed by atoms with Crippen molar-refractivity contribution in [1.29, 1.82) is 0 Å². The lowest BCUT2D eigenvalue weighted by Gasteiger charge is -2.16. The summed E-state index contributed by atoms with van der Waals surface area (Å²) in [7, 11) is 0. The van der Waals surface area contributed by atoms with Crippen molar-refractivity contribution in [2.24, 2.45) is 0 Å². The molecule has 0 aliphatic heterocycles. The molecule has 0 bridgehead atoms. The molecule has 0 aliphatic carbocycles. The van der Waals surface area contributed by atoms with Crippen molar-refractivity contribution in [2.45, 2.75) is 32.5 Å². The first-order valence-electron chi connectivity index (χ1n) is 6.19. The Hall–Kier alpha value is -1.12. The van der Waals surface area contributed by atoms with Gasteiger partial charge in [-0.2, -0.15) is 16.9 Å². The van der Waals surface area contributed by atoms with E-state index >= 15 is 0 Å². The Morgan fingerprint density at radius 2 is 2.42 bits per heavy atom. The number of nitro groups is 1. The summed E-state index contributed by atoms with van der Waals surface area (Å²) in [5.74, 6) is 2.07. The molecule has 1 aromatic rings. The van der Waals surface area contributed by atoms with Crippen molar-refractivity contribution < 1.29 is 10.0 Å². The Morgan fingerprint density at radius 3 is 3.00 bits per heavy atom. The normalized spacial score (nSPS) is 14.3. The lowest BCUT2D eigenvalue weighted by Crippen LogP contribution is -2.37. The molecule has 2 atom stereocenters. The Balaban J connectivity index is 2.30. The van der Waals surface area contributed by atoms with Crippen molar-refractivity contribution in [3.8, 4) is 0 Å². The largest absolute Gasteiger partial charge is 0.390 e. The van der Waals surface area contributed by atoms with Crippen LogP contribution in [0.25, 0.3) is 0 Å². The molecule has 8 heteroatoms. The molecule has 0 fully saturated rings. The fourth-order valence-corrected chi connectivity index (χ4v) is 2.23. The highest BCUT2D eigenvalue weighted by molar-refractivity contribution is 7.99. The molecule has 1 aromatic heterocycles. The maximum absolute atomic E-state index is 10.5. The fraction of sp³-hybridized carbons (Fsp3) is 0.727. The van der Waals surface area contributed by atoms with Gasteiger partial charge in [-0.05, 0) is 12.7 Å². The van der Waals surface area contributed by atoms with Gasteiger partial charge in [0.15, 0.2) is 0 Å². The molecule has 1 rings (SSSR count). The first-order chi connectivity index (χ1) is 9.02. The minimum Gasteiger partial charge on any atom is -0.390 e. The quantitative estimate of drug-likeness (QED) is 0.517. The SMILES string of the molecule is CCSCC(C)NCC(O)Cn1cc([N+](=O)[O-])cn1. The number of thioether (sulfide) groups is 1. The van der Waals surface area contributed by atoms with E-state index in [2.05, 4.69) is 24.3 Å². The Labute approximate surface area is 116 Å². The van der Waals surface area contributed by atoms with Crippen LogP contribution in [0.3, 0.4) is 0 Å². The highest BCUT2D eigenvalue weighted by Crippen LogP contribution is 2.08. The molecular weight excluding hydrogens is 268 g/mol. The standard InChI is InChI=1S/C11H20N4O3S/c1-3-19-8-9(2)12-5-11(16)7-14-6-10(4-13-14)15(17)18/h4,6,9,11-12,16H,3,5,7-8H2,1-2H3. The third-order valence-corrected chi connectivity index (χ3v) is 3.65. The van der Waals surface area contributed by atoms with E-state index in [4.69, 9.17) is 0 Å². The maximum Gasteiger partial charge on any atom is 0.306 e. The van der Waals surface area contributed by atoms with Gasteiger partial charge in [-0.1, -0.05) is 6.92 Å². The van der Waals surface area contributed by atoms with E-state index in [-0.39, 0.29) is 12.2 Å². The second-order valence-electron chi connectivity index (χ2n) is 4.30. The topological polar surface area (TPSA) is 93.2 Å². The van der Waals surface area contributed by atoms with E-state index < -0.39 is 11.0 Å². The number of aliphatic hydroxyl groups excluding tert-OH is 1. The van der Waals surface area contributed by atoms with Gasteiger partial charge in [-0.3, -0.25) is 14.8 Å². The van der Waals surface area contributed by atoms with Crippen molar-refractivity contribution in [1.82, 2.24) is 15.1 Å². The van der Waals surface area contributed by atoms with E-state index in [9.17, 15) is 15.2 Å². The second kappa shape index (κ2) is 8.13. The number of aliphatic hydroxyl groups is 1. The van der Waals surface area contributed by atoms with Crippen LogP contribution >= 0.6 is 11.8 Å². The monoisotopic (exact) mass is 288 g/mol. The highest BCUT2D eigenvalue weighted by atomic mass is 32.2. The molecule has 7 nitrogen and oxygen atoms in total. The van der Waals surface area contributed by atoms with Crippen molar-refractivity contribution >= 4 is 17.4 Å². The van der Waals surface area contributed by atoms with E-state index in [1.165, 1.54) is 17.1 Å². The van der Waals surface area contributed by atoms with Crippen molar-refractivity contribution in [2.75, 3.05) is 18.1 Å². The number of rotatable bonds is 9. The molecule has 2 unspecified atom stereocenters. The molecule has 2 N–H and O–H groups in total. The maximum atomic E-state index is 10.5. The van der Waals surface area contributed by atoms with Crippen molar-refractivity contribution in [3.63, 3.8) is 0 Å². The summed E-state index contributed by atoms with van der Waals surface area (Å²) in [6, 6.07) is 0.326. The van der Waals surface area contributed by atoms with Gasteiger partial charge >= 0.3 is 5.69 Å². The third kappa shape index (κ3) is 6.04. The Morgan fingerprint density at radius 1 is 1.68 bits per heavy atom. The minimum atomic E-state index is -0.617. The van der Waals surface area contributed by atoms with Gasteiger partial charge in [0.2, 0.25) is 0 Å². The van der Waals surface area contributed by atoms with Crippen LogP contribution in [-0.2, 0) is 6.54 Å². The number of nitrogens with one attached hydrogen (secondary N) is 1. The lowest BCUT2D eigenvalue weighted by molar-refractivity contribution is -0.385. The smallest absolute Gasteiger partial charge is 0.306 e. The van der Waals surface area contributed by atoms with E-state index in [1.54, 1.807) is 0 Å². The van der Waals surface area contributed by atoms with Crippen LogP contribution in [0.5, 0.6) is 0 Å². The minimum absolute atomic E-state index is 0.0622. The van der Waals surface area contributed by atoms with Gasteiger partial charge in [0, 0.05) is 18.3 Å². The first kappa shape index (κ1) is 15.9. The predicted molar refractivity (Wildman–Crippen MR) is 75.4 cm³/mol. The zero-order valence-corrected chi connectivity index (χ0v) is 12.0. The summed E-state index contributed by atoms with van der Waals surface area (Å²) in [6.45, 7) is 4.86. The number of aromatic nitrogens is 2. The zero-order valence-electron chi connectivity index (χ0n) is 11.2. The van der Waals surface area contributed by atoms with E-state index in [0.29, 0.717) is 12.6 Å². The number of hydrogen-bond acceptors (Lipinski definition) is 6. The molecule has 19 heavy (non-hydrogen) atoms. The molecule has 0 saturated heterocycles. The molecule has 108 valence electrons. The predicted octanol–water partition coefficient (Wildman–Crippen LogP) is 0.883. The Bertz CT molecular complexity index is 399. The lowest BCUT2D eigenvalue weighted by atomic mass is 10.3. The average Bonchev–Trinajstić information content (AvgIpc) is 2.82. The summed E-state index contributed by atoms with van der Waals surface area (Å²) >= 11 is 1.84. The summed E-state index contributed by atoms with van der Waals surface area (Å²) in [5.41, 5.74) is -0.0622. The summed E-state index contributed by atoms with van der Waals surface area (Å²) in [6.07, 6.45) is 1.88. The summed E-state index contributed by atoms with van der Waals surface area (Å²) in [4.78, 5) is 9.99. The van der Waals surface area contributed by atoms with Crippen LogP contribution < -0.4 is 5.32 Å². The van der Waals surface area contributed by atoms with E-state index in [0.717, 1.165) is 11.5 Å². The number of hydrogen-bond donors (Lipinski definition) is 2. The third-order valence-electron chi connectivity index (χ3n) is 2.50. The van der Waals surface area contributed by atoms with E-state index in [1.807, 2.05) is 11.8 Å². The van der Waals surface area contributed by atoms with Crippen LogP contribution in [0, 0.1) is 10.1 Å². The average molecular weight is 288 g/mol. The molecule has 0 aromatic carbocycles. The second-order valence-corrected chi connectivity index (χ2v) is 5.62. The van der Waals surface area contributed by atoms with Crippen molar-refractivity contribution in [3.05, 3.63) is 22.5 Å². The van der Waals surface area contributed by atoms with Crippen LogP contribution in [0.1, 0.15) is 13.8 Å². The van der Waals surface area contributed by atoms with Gasteiger partial charge in [-0.15, -0.1) is 0 Å². The van der Waals surface area contributed by atoms with Crippen LogP contribution in [-0.4, -0.2) is 50.0 Å². The molecular formula is C11H20N4O3S. The molecule has 0 radical (unpaired) electrons. The van der Waals surface area contributed by atoms with Gasteiger partial charge < -0.3 is 10.4 Å². The summed E-state index contributed by atoms with van der Waals surface area (Å²) in [5, 5.41) is 27.4. The first-order valence-corrected chi connectivity index (χ1v) is 7.34. The van der Waals surface area contributed by atoms with Crippen LogP contribution in [0.4, 0.5) is 5.69 Å². The highest BCUT2D eigenvalue weighted by Gasteiger charge is 2.12. The van der Waals surface area contributed by atoms with Gasteiger partial charge in [0.1, 0.15) is 12.4 Å². The Kier molecular flexibility index (Phi) is 6.82. The van der Waals surface area contributed by atoms with Gasteiger partial charge in [0.25, 0.3) is 0 Å².